The van der Waals surface area contributed by atoms with Gasteiger partial charge >= 0.3 is 0 Å². The Morgan fingerprint density at radius 3 is 3.00 bits per heavy atom. The van der Waals surface area contributed by atoms with E-state index in [4.69, 9.17) is 10.5 Å². The zero-order chi connectivity index (χ0) is 10.9. The van der Waals surface area contributed by atoms with Crippen LogP contribution in [0.5, 0.6) is 0 Å². The van der Waals surface area contributed by atoms with Gasteiger partial charge in [0.05, 0.1) is 0 Å². The van der Waals surface area contributed by atoms with Crippen LogP contribution in [-0.4, -0.2) is 34.0 Å². The smallest absolute Gasteiger partial charge is 0.201 e. The average Bonchev–Trinajstić information content (AvgIpc) is 2.74. The summed E-state index contributed by atoms with van der Waals surface area (Å²) in [4.78, 5) is 4.16. The van der Waals surface area contributed by atoms with Gasteiger partial charge < -0.3 is 10.5 Å². The van der Waals surface area contributed by atoms with Crippen LogP contribution >= 0.6 is 0 Å². The van der Waals surface area contributed by atoms with Crippen molar-refractivity contribution in [1.29, 1.82) is 0 Å². The zero-order valence-corrected chi connectivity index (χ0v) is 8.69. The third kappa shape index (κ3) is 1.57. The fourth-order valence-corrected chi connectivity index (χ4v) is 1.35. The van der Waals surface area contributed by atoms with E-state index in [-0.39, 0.29) is 0 Å². The van der Waals surface area contributed by atoms with Crippen molar-refractivity contribution in [2.75, 3.05) is 13.7 Å². The molecule has 2 heterocycles. The molecule has 0 aliphatic rings. The molecule has 0 bridgehead atoms. The normalized spacial score (nSPS) is 15.4. The Labute approximate surface area is 86.8 Å². The number of nitrogens with zero attached hydrogens (tertiary/aromatic N) is 3. The van der Waals surface area contributed by atoms with Gasteiger partial charge in [0.15, 0.2) is 0 Å². The minimum atomic E-state index is -0.528. The number of fused-ring (bicyclic) bond motifs is 1. The highest BCUT2D eigenvalue weighted by Gasteiger charge is 2.25. The topological polar surface area (TPSA) is 89.7 Å². The lowest BCUT2D eigenvalue weighted by Crippen LogP contribution is -2.33. The van der Waals surface area contributed by atoms with Crippen molar-refractivity contribution in [3.63, 3.8) is 0 Å². The van der Waals surface area contributed by atoms with Crippen LogP contribution in [0.15, 0.2) is 12.3 Å². The second-order valence-electron chi connectivity index (χ2n) is 3.53. The molecule has 6 heteroatoms. The van der Waals surface area contributed by atoms with E-state index in [0.717, 1.165) is 5.56 Å². The minimum absolute atomic E-state index is 0.383. The Bertz CT molecular complexity index is 462. The summed E-state index contributed by atoms with van der Waals surface area (Å²) in [5.74, 6) is 0. The molecule has 15 heavy (non-hydrogen) atoms. The molecular formula is C9H13N5O. The molecule has 3 N–H and O–H groups in total. The molecule has 0 fully saturated rings. The fourth-order valence-electron chi connectivity index (χ4n) is 1.35. The minimum Gasteiger partial charge on any atom is -0.372 e. The van der Waals surface area contributed by atoms with E-state index >= 15 is 0 Å². The maximum Gasteiger partial charge on any atom is 0.201 e. The standard InChI is InChI=1S/C9H13N5O/c1-9(5-10,15-2)6-3-7-8(11-4-6)13-14-12-7/h3-4H,5,10H2,1-2H3,(H,11,12,13,14). The monoisotopic (exact) mass is 207 g/mol. The maximum absolute atomic E-state index is 5.67. The lowest BCUT2D eigenvalue weighted by atomic mass is 9.97. The highest BCUT2D eigenvalue weighted by atomic mass is 16.5. The molecule has 0 saturated carbocycles. The van der Waals surface area contributed by atoms with Gasteiger partial charge in [0.1, 0.15) is 11.1 Å². The molecule has 0 spiro atoms. The molecule has 1 atom stereocenters. The number of pyridine rings is 1. The quantitative estimate of drug-likeness (QED) is 0.749. The number of ether oxygens (including phenoxy) is 1. The highest BCUT2D eigenvalue weighted by Crippen LogP contribution is 2.24. The summed E-state index contributed by atoms with van der Waals surface area (Å²) >= 11 is 0. The first-order valence-electron chi connectivity index (χ1n) is 4.62. The first-order valence-corrected chi connectivity index (χ1v) is 4.62. The maximum atomic E-state index is 5.67. The van der Waals surface area contributed by atoms with Gasteiger partial charge in [-0.05, 0) is 13.0 Å². The summed E-state index contributed by atoms with van der Waals surface area (Å²) in [5, 5.41) is 10.4. The van der Waals surface area contributed by atoms with Crippen molar-refractivity contribution in [2.24, 2.45) is 5.73 Å². The number of H-pyrrole nitrogens is 1. The van der Waals surface area contributed by atoms with Crippen LogP contribution in [0.2, 0.25) is 0 Å². The Kier molecular flexibility index (Phi) is 2.37. The van der Waals surface area contributed by atoms with Crippen LogP contribution in [0.25, 0.3) is 11.2 Å². The number of rotatable bonds is 3. The molecule has 0 radical (unpaired) electrons. The van der Waals surface area contributed by atoms with Crippen molar-refractivity contribution in [1.82, 2.24) is 20.4 Å². The predicted octanol–water partition coefficient (Wildman–Crippen LogP) is 0.173. The number of nitrogens with two attached hydrogens (primary N) is 1. The highest BCUT2D eigenvalue weighted by molar-refractivity contribution is 5.69. The van der Waals surface area contributed by atoms with Crippen LogP contribution in [0.1, 0.15) is 12.5 Å². The van der Waals surface area contributed by atoms with E-state index in [1.54, 1.807) is 13.3 Å². The lowest BCUT2D eigenvalue weighted by Gasteiger charge is -2.26. The van der Waals surface area contributed by atoms with E-state index in [0.29, 0.717) is 17.7 Å². The molecule has 1 unspecified atom stereocenters. The Morgan fingerprint density at radius 2 is 2.33 bits per heavy atom. The van der Waals surface area contributed by atoms with Gasteiger partial charge in [-0.2, -0.15) is 10.3 Å². The first-order chi connectivity index (χ1) is 7.19. The Balaban J connectivity index is 2.51. The average molecular weight is 207 g/mol. The molecular weight excluding hydrogens is 194 g/mol. The third-order valence-electron chi connectivity index (χ3n) is 2.62. The van der Waals surface area contributed by atoms with Gasteiger partial charge in [-0.25, -0.2) is 4.98 Å². The van der Waals surface area contributed by atoms with Crippen LogP contribution in [0.3, 0.4) is 0 Å². The van der Waals surface area contributed by atoms with E-state index < -0.39 is 5.60 Å². The van der Waals surface area contributed by atoms with Crippen molar-refractivity contribution in [2.45, 2.75) is 12.5 Å². The van der Waals surface area contributed by atoms with Crippen molar-refractivity contribution in [3.8, 4) is 0 Å². The van der Waals surface area contributed by atoms with Crippen molar-refractivity contribution < 1.29 is 4.74 Å². The molecule has 0 aliphatic carbocycles. The molecule has 2 rings (SSSR count). The number of aromatic amines is 1. The van der Waals surface area contributed by atoms with Crippen molar-refractivity contribution in [3.05, 3.63) is 17.8 Å². The summed E-state index contributed by atoms with van der Waals surface area (Å²) in [7, 11) is 1.62. The Morgan fingerprint density at radius 1 is 1.53 bits per heavy atom. The van der Waals surface area contributed by atoms with Gasteiger partial charge in [0.2, 0.25) is 5.65 Å². The van der Waals surface area contributed by atoms with E-state index in [9.17, 15) is 0 Å². The van der Waals surface area contributed by atoms with Gasteiger partial charge in [-0.3, -0.25) is 0 Å². The summed E-state index contributed by atoms with van der Waals surface area (Å²) in [6, 6.07) is 1.88. The summed E-state index contributed by atoms with van der Waals surface area (Å²) in [6.07, 6.45) is 1.71. The summed E-state index contributed by atoms with van der Waals surface area (Å²) in [6.45, 7) is 2.30. The summed E-state index contributed by atoms with van der Waals surface area (Å²) in [5.41, 5.74) is 7.35. The zero-order valence-electron chi connectivity index (χ0n) is 8.69. The number of aromatic nitrogens is 4. The number of hydrogen-bond donors (Lipinski definition) is 2. The van der Waals surface area contributed by atoms with Gasteiger partial charge in [-0.15, -0.1) is 5.10 Å². The largest absolute Gasteiger partial charge is 0.372 e. The first kappa shape index (κ1) is 10.0. The molecule has 0 amide bonds. The number of nitrogens with one attached hydrogen (secondary N) is 1. The molecule has 80 valence electrons. The molecule has 2 aromatic rings. The Hall–Kier alpha value is -1.53. The molecule has 0 saturated heterocycles. The summed E-state index contributed by atoms with van der Waals surface area (Å²) < 4.78 is 5.38. The van der Waals surface area contributed by atoms with Gasteiger partial charge in [0, 0.05) is 25.4 Å². The number of methoxy groups -OCH3 is 1. The predicted molar refractivity (Wildman–Crippen MR) is 55.1 cm³/mol. The van der Waals surface area contributed by atoms with Crippen LogP contribution in [0.4, 0.5) is 0 Å². The van der Waals surface area contributed by atoms with Crippen LogP contribution in [-0.2, 0) is 10.3 Å². The van der Waals surface area contributed by atoms with Gasteiger partial charge in [-0.1, -0.05) is 0 Å². The third-order valence-corrected chi connectivity index (χ3v) is 2.62. The van der Waals surface area contributed by atoms with Crippen LogP contribution in [0, 0.1) is 0 Å². The molecule has 2 aromatic heterocycles. The van der Waals surface area contributed by atoms with E-state index in [2.05, 4.69) is 20.4 Å². The molecule has 0 aromatic carbocycles. The lowest BCUT2D eigenvalue weighted by molar-refractivity contribution is 0.00992. The van der Waals surface area contributed by atoms with Gasteiger partial charge in [0.25, 0.3) is 0 Å². The molecule has 6 nitrogen and oxygen atoms in total. The molecule has 0 aliphatic heterocycles. The van der Waals surface area contributed by atoms with Crippen molar-refractivity contribution >= 4 is 11.2 Å². The second-order valence-corrected chi connectivity index (χ2v) is 3.53. The number of hydrogen-bond acceptors (Lipinski definition) is 5. The SMILES string of the molecule is COC(C)(CN)c1cnc2n[nH]nc2c1. The van der Waals surface area contributed by atoms with Crippen LogP contribution < -0.4 is 5.73 Å². The second kappa shape index (κ2) is 3.56. The fraction of sp³-hybridized carbons (Fsp3) is 0.444. The van der Waals surface area contributed by atoms with E-state index in [1.165, 1.54) is 0 Å². The van der Waals surface area contributed by atoms with E-state index in [1.807, 2.05) is 13.0 Å².